The fourth-order valence-electron chi connectivity index (χ4n) is 2.91. The number of carbonyl (C=O) groups excluding carboxylic acids is 1. The number of hydrogen-bond acceptors (Lipinski definition) is 6. The average Bonchev–Trinajstić information content (AvgIpc) is 3.26. The van der Waals surface area contributed by atoms with E-state index in [0.717, 1.165) is 16.8 Å². The van der Waals surface area contributed by atoms with Crippen molar-refractivity contribution in [3.8, 4) is 17.1 Å². The summed E-state index contributed by atoms with van der Waals surface area (Å²) in [5.74, 6) is 0.560. The molecule has 0 fully saturated rings. The minimum Gasteiger partial charge on any atom is -0.272 e. The number of hydrazone groups is 1. The van der Waals surface area contributed by atoms with Crippen molar-refractivity contribution in [3.05, 3.63) is 89.7 Å². The quantitative estimate of drug-likeness (QED) is 0.246. The molecule has 1 amide bonds. The van der Waals surface area contributed by atoms with Crippen LogP contribution in [0, 0.1) is 0 Å². The number of halogens is 1. The molecule has 32 heavy (non-hydrogen) atoms. The fourth-order valence-corrected chi connectivity index (χ4v) is 3.78. The van der Waals surface area contributed by atoms with E-state index < -0.39 is 0 Å². The van der Waals surface area contributed by atoms with E-state index in [1.165, 1.54) is 11.8 Å². The molecule has 0 saturated heterocycles. The molecule has 4 aromatic rings. The summed E-state index contributed by atoms with van der Waals surface area (Å²) in [6, 6.07) is 20.9. The highest BCUT2D eigenvalue weighted by atomic mass is 35.5. The van der Waals surface area contributed by atoms with Crippen LogP contribution in [0.25, 0.3) is 17.1 Å². The molecule has 0 aliphatic heterocycles. The van der Waals surface area contributed by atoms with Gasteiger partial charge in [-0.1, -0.05) is 47.6 Å². The van der Waals surface area contributed by atoms with Gasteiger partial charge in [0.1, 0.15) is 0 Å². The number of rotatable bonds is 7. The van der Waals surface area contributed by atoms with E-state index in [9.17, 15) is 4.79 Å². The van der Waals surface area contributed by atoms with Crippen molar-refractivity contribution in [1.29, 1.82) is 0 Å². The third kappa shape index (κ3) is 5.22. The fraction of sp³-hybridized carbons (Fsp3) is 0.0870. The molecule has 7 nitrogen and oxygen atoms in total. The molecule has 2 aromatic carbocycles. The topological polar surface area (TPSA) is 85.1 Å². The van der Waals surface area contributed by atoms with Crippen LogP contribution in [-0.4, -0.2) is 37.1 Å². The van der Waals surface area contributed by atoms with Crippen molar-refractivity contribution < 1.29 is 4.79 Å². The minimum atomic E-state index is -0.242. The molecule has 0 unspecified atom stereocenters. The van der Waals surface area contributed by atoms with Gasteiger partial charge in [0.15, 0.2) is 11.0 Å². The number of carbonyl (C=O) groups is 1. The second-order valence-corrected chi connectivity index (χ2v) is 8.13. The monoisotopic (exact) mass is 462 g/mol. The summed E-state index contributed by atoms with van der Waals surface area (Å²) in [5, 5.41) is 14.1. The van der Waals surface area contributed by atoms with E-state index in [1.807, 2.05) is 78.2 Å². The zero-order valence-electron chi connectivity index (χ0n) is 17.1. The third-order valence-corrected chi connectivity index (χ3v) is 5.69. The highest BCUT2D eigenvalue weighted by Crippen LogP contribution is 2.28. The molecule has 1 N–H and O–H groups in total. The van der Waals surface area contributed by atoms with Crippen LogP contribution in [0.5, 0.6) is 0 Å². The Labute approximate surface area is 194 Å². The lowest BCUT2D eigenvalue weighted by Crippen LogP contribution is -2.21. The van der Waals surface area contributed by atoms with Crippen LogP contribution in [0.15, 0.2) is 89.4 Å². The Morgan fingerprint density at radius 1 is 1.06 bits per heavy atom. The van der Waals surface area contributed by atoms with Gasteiger partial charge in [0.2, 0.25) is 0 Å². The number of nitrogens with zero attached hydrogens (tertiary/aromatic N) is 5. The predicted molar refractivity (Wildman–Crippen MR) is 127 cm³/mol. The van der Waals surface area contributed by atoms with Crippen LogP contribution in [0.3, 0.4) is 0 Å². The van der Waals surface area contributed by atoms with Gasteiger partial charge >= 0.3 is 0 Å². The largest absolute Gasteiger partial charge is 0.272 e. The number of nitrogens with one attached hydrogen (secondary N) is 1. The number of hydrogen-bond donors (Lipinski definition) is 1. The lowest BCUT2D eigenvalue weighted by atomic mass is 10.2. The molecular weight excluding hydrogens is 444 g/mol. The van der Waals surface area contributed by atoms with Crippen LogP contribution in [0.4, 0.5) is 0 Å². The molecule has 0 saturated carbocycles. The summed E-state index contributed by atoms with van der Waals surface area (Å²) < 4.78 is 1.92. The van der Waals surface area contributed by atoms with Gasteiger partial charge in [-0.3, -0.25) is 14.3 Å². The Bertz CT molecular complexity index is 1230. The SMILES string of the molecule is CC(=NNC(=O)CSc1nnc(-c2ccc(Cl)cc2)n1-c1ccccc1)c1cccnc1. The second-order valence-electron chi connectivity index (χ2n) is 6.75. The van der Waals surface area contributed by atoms with Crippen LogP contribution in [0.2, 0.25) is 5.02 Å². The number of para-hydroxylation sites is 1. The van der Waals surface area contributed by atoms with E-state index in [0.29, 0.717) is 21.7 Å². The molecular formula is C23H19ClN6OS. The molecule has 2 aromatic heterocycles. The maximum absolute atomic E-state index is 12.4. The minimum absolute atomic E-state index is 0.134. The Hall–Kier alpha value is -3.49. The zero-order valence-corrected chi connectivity index (χ0v) is 18.7. The van der Waals surface area contributed by atoms with Gasteiger partial charge in [-0.05, 0) is 49.4 Å². The lowest BCUT2D eigenvalue weighted by Gasteiger charge is -2.10. The van der Waals surface area contributed by atoms with Crippen molar-refractivity contribution in [3.63, 3.8) is 0 Å². The van der Waals surface area contributed by atoms with Gasteiger partial charge in [0.05, 0.1) is 11.5 Å². The van der Waals surface area contributed by atoms with Crippen LogP contribution in [-0.2, 0) is 4.79 Å². The van der Waals surface area contributed by atoms with E-state index in [-0.39, 0.29) is 11.7 Å². The second kappa shape index (κ2) is 10.2. The van der Waals surface area contributed by atoms with Crippen molar-refractivity contribution in [2.24, 2.45) is 5.10 Å². The number of thioether (sulfide) groups is 1. The van der Waals surface area contributed by atoms with Crippen LogP contribution in [0.1, 0.15) is 12.5 Å². The first-order chi connectivity index (χ1) is 15.6. The molecule has 0 radical (unpaired) electrons. The highest BCUT2D eigenvalue weighted by Gasteiger charge is 2.17. The van der Waals surface area contributed by atoms with Gasteiger partial charge in [-0.15, -0.1) is 10.2 Å². The first kappa shape index (κ1) is 21.7. The summed E-state index contributed by atoms with van der Waals surface area (Å²) >= 11 is 7.32. The maximum atomic E-state index is 12.4. The normalized spacial score (nSPS) is 11.4. The number of pyridine rings is 1. The molecule has 0 spiro atoms. The lowest BCUT2D eigenvalue weighted by molar-refractivity contribution is -0.118. The van der Waals surface area contributed by atoms with Crippen LogP contribution < -0.4 is 5.43 Å². The Morgan fingerprint density at radius 3 is 2.56 bits per heavy atom. The first-order valence-corrected chi connectivity index (χ1v) is 11.1. The zero-order chi connectivity index (χ0) is 22.3. The average molecular weight is 463 g/mol. The summed E-state index contributed by atoms with van der Waals surface area (Å²) in [6.45, 7) is 1.81. The van der Waals surface area contributed by atoms with Crippen LogP contribution >= 0.6 is 23.4 Å². The van der Waals surface area contributed by atoms with Gasteiger partial charge < -0.3 is 0 Å². The first-order valence-electron chi connectivity index (χ1n) is 9.75. The molecule has 0 bridgehead atoms. The van der Waals surface area contributed by atoms with Crippen molar-refractivity contribution in [2.45, 2.75) is 12.1 Å². The summed E-state index contributed by atoms with van der Waals surface area (Å²) in [7, 11) is 0. The molecule has 2 heterocycles. The van der Waals surface area contributed by atoms with Crippen molar-refractivity contribution in [2.75, 3.05) is 5.75 Å². The van der Waals surface area contributed by atoms with E-state index in [2.05, 4.69) is 25.7 Å². The predicted octanol–water partition coefficient (Wildman–Crippen LogP) is 4.62. The molecule has 0 atom stereocenters. The molecule has 160 valence electrons. The van der Waals surface area contributed by atoms with E-state index in [1.54, 1.807) is 12.4 Å². The Balaban J connectivity index is 1.52. The summed E-state index contributed by atoms with van der Waals surface area (Å²) in [6.07, 6.45) is 3.38. The van der Waals surface area contributed by atoms with Gasteiger partial charge in [-0.2, -0.15) is 5.10 Å². The maximum Gasteiger partial charge on any atom is 0.250 e. The molecule has 0 aliphatic rings. The Morgan fingerprint density at radius 2 is 1.84 bits per heavy atom. The van der Waals surface area contributed by atoms with Gasteiger partial charge in [0, 0.05) is 34.2 Å². The van der Waals surface area contributed by atoms with Gasteiger partial charge in [0.25, 0.3) is 5.91 Å². The number of amides is 1. The number of benzene rings is 2. The standard InChI is InChI=1S/C23H19ClN6OS/c1-16(18-6-5-13-25-14-18)26-27-21(31)15-32-23-29-28-22(17-9-11-19(24)12-10-17)30(23)20-7-3-2-4-8-20/h2-14H,15H2,1H3,(H,27,31). The van der Waals surface area contributed by atoms with E-state index >= 15 is 0 Å². The van der Waals surface area contributed by atoms with Gasteiger partial charge in [-0.25, -0.2) is 5.43 Å². The number of aromatic nitrogens is 4. The van der Waals surface area contributed by atoms with E-state index in [4.69, 9.17) is 11.6 Å². The Kier molecular flexibility index (Phi) is 6.94. The summed E-state index contributed by atoms with van der Waals surface area (Å²) in [5.41, 5.74) is 5.88. The molecule has 4 rings (SSSR count). The molecule has 0 aliphatic carbocycles. The smallest absolute Gasteiger partial charge is 0.250 e. The third-order valence-electron chi connectivity index (χ3n) is 4.51. The molecule has 9 heteroatoms. The van der Waals surface area contributed by atoms with Crippen molar-refractivity contribution >= 4 is 35.0 Å². The van der Waals surface area contributed by atoms with Crippen molar-refractivity contribution in [1.82, 2.24) is 25.2 Å². The highest BCUT2D eigenvalue weighted by molar-refractivity contribution is 7.99. The summed E-state index contributed by atoms with van der Waals surface area (Å²) in [4.78, 5) is 16.4.